The van der Waals surface area contributed by atoms with E-state index in [9.17, 15) is 14.4 Å². The molecule has 194 valence electrons. The van der Waals surface area contributed by atoms with Crippen molar-refractivity contribution in [2.45, 2.75) is 53.1 Å². The van der Waals surface area contributed by atoms with E-state index in [0.717, 1.165) is 24.1 Å². The Morgan fingerprint density at radius 1 is 1.00 bits per heavy atom. The molecule has 0 aromatic heterocycles. The average Bonchev–Trinajstić information content (AvgIpc) is 2.78. The number of rotatable bonds is 10. The Kier molecular flexibility index (Phi) is 10.1. The smallest absolute Gasteiger partial charge is 0.342 e. The van der Waals surface area contributed by atoms with Gasteiger partial charge in [0.15, 0.2) is 0 Å². The van der Waals surface area contributed by atoms with Crippen LogP contribution in [0.2, 0.25) is 0 Å². The van der Waals surface area contributed by atoms with Gasteiger partial charge in [-0.25, -0.2) is 4.79 Å². The van der Waals surface area contributed by atoms with Gasteiger partial charge in [0, 0.05) is 38.8 Å². The first-order valence-corrected chi connectivity index (χ1v) is 12.0. The van der Waals surface area contributed by atoms with Gasteiger partial charge in [0.25, 0.3) is 0 Å². The van der Waals surface area contributed by atoms with Crippen molar-refractivity contribution in [2.75, 3.05) is 36.2 Å². The van der Waals surface area contributed by atoms with Crippen molar-refractivity contribution in [3.05, 3.63) is 53.6 Å². The topological polar surface area (TPSA) is 97.0 Å². The van der Waals surface area contributed by atoms with Crippen molar-refractivity contribution in [2.24, 2.45) is 0 Å². The molecule has 0 unspecified atom stereocenters. The molecule has 2 aromatic rings. The number of nitrogens with one attached hydrogen (secondary N) is 2. The maximum Gasteiger partial charge on any atom is 0.342 e. The maximum atomic E-state index is 13.0. The summed E-state index contributed by atoms with van der Waals surface area (Å²) in [6, 6.07) is 10.7. The monoisotopic (exact) mass is 495 g/mol. The Morgan fingerprint density at radius 3 is 2.19 bits per heavy atom. The highest BCUT2D eigenvalue weighted by atomic mass is 16.6. The molecule has 0 saturated heterocycles. The highest BCUT2D eigenvalue weighted by Crippen LogP contribution is 2.33. The molecular formula is C28H37N3O5. The van der Waals surface area contributed by atoms with Crippen LogP contribution in [0, 0.1) is 0 Å². The van der Waals surface area contributed by atoms with E-state index in [-0.39, 0.29) is 22.9 Å². The summed E-state index contributed by atoms with van der Waals surface area (Å²) in [5, 5.41) is 5.46. The molecule has 0 saturated carbocycles. The molecule has 0 radical (unpaired) electrons. The molecule has 0 aliphatic carbocycles. The fourth-order valence-corrected chi connectivity index (χ4v) is 3.14. The lowest BCUT2D eigenvalue weighted by atomic mass is 10.1. The number of nitrogens with zero attached hydrogens (tertiary/aromatic N) is 1. The Bertz CT molecular complexity index is 1100. The summed E-state index contributed by atoms with van der Waals surface area (Å²) in [4.78, 5) is 39.5. The predicted octanol–water partition coefficient (Wildman–Crippen LogP) is 5.50. The van der Waals surface area contributed by atoms with Crippen LogP contribution in [0.1, 0.15) is 63.4 Å². The van der Waals surface area contributed by atoms with Crippen LogP contribution in [0.15, 0.2) is 42.5 Å². The molecule has 0 atom stereocenters. The second-order valence-electron chi connectivity index (χ2n) is 9.59. The van der Waals surface area contributed by atoms with Crippen molar-refractivity contribution in [1.29, 1.82) is 0 Å². The average molecular weight is 496 g/mol. The number of carbonyl (C=O) groups is 3. The van der Waals surface area contributed by atoms with Gasteiger partial charge >= 0.3 is 5.97 Å². The van der Waals surface area contributed by atoms with Gasteiger partial charge in [-0.15, -0.1) is 0 Å². The molecule has 0 fully saturated rings. The van der Waals surface area contributed by atoms with Crippen molar-refractivity contribution < 1.29 is 23.9 Å². The van der Waals surface area contributed by atoms with Crippen LogP contribution in [0.5, 0.6) is 5.75 Å². The molecule has 0 heterocycles. The lowest BCUT2D eigenvalue weighted by Gasteiger charge is -2.22. The summed E-state index contributed by atoms with van der Waals surface area (Å²) in [6.45, 7) is 9.10. The zero-order chi connectivity index (χ0) is 26.9. The minimum atomic E-state index is -0.720. The lowest BCUT2D eigenvalue weighted by molar-refractivity contribution is -0.114. The van der Waals surface area contributed by atoms with Gasteiger partial charge in [0.1, 0.15) is 16.9 Å². The standard InChI is InChI=1S/C28H37N3O5/c1-8-9-16-35-25-18-24(29-19(2)32)23(17-22(25)27(34)36-28(3,4)5)30-26(33)15-12-20-10-13-21(14-11-20)31(6)7/h10-15,17-18H,8-9,16H2,1-7H3,(H,29,32)(H,30,33). The van der Waals surface area contributed by atoms with E-state index in [0.29, 0.717) is 12.3 Å². The second kappa shape index (κ2) is 12.8. The summed E-state index contributed by atoms with van der Waals surface area (Å²) in [5.41, 5.74) is 1.92. The van der Waals surface area contributed by atoms with Crippen molar-refractivity contribution >= 4 is 40.9 Å². The van der Waals surface area contributed by atoms with Crippen molar-refractivity contribution in [3.63, 3.8) is 0 Å². The first-order valence-electron chi connectivity index (χ1n) is 12.0. The largest absolute Gasteiger partial charge is 0.493 e. The number of anilines is 3. The van der Waals surface area contributed by atoms with Crippen LogP contribution in [-0.2, 0) is 14.3 Å². The number of benzene rings is 2. The molecule has 36 heavy (non-hydrogen) atoms. The van der Waals surface area contributed by atoms with E-state index in [4.69, 9.17) is 9.47 Å². The SMILES string of the molecule is CCCCOc1cc(NC(C)=O)c(NC(=O)C=Cc2ccc(N(C)C)cc2)cc1C(=O)OC(C)(C)C. The first-order chi connectivity index (χ1) is 16.9. The third-order valence-corrected chi connectivity index (χ3v) is 4.90. The highest BCUT2D eigenvalue weighted by molar-refractivity contribution is 6.07. The number of ether oxygens (including phenoxy) is 2. The molecule has 8 nitrogen and oxygen atoms in total. The number of carbonyl (C=O) groups excluding carboxylic acids is 3. The molecule has 2 aromatic carbocycles. The van der Waals surface area contributed by atoms with Crippen LogP contribution in [0.25, 0.3) is 6.08 Å². The van der Waals surface area contributed by atoms with Crippen LogP contribution in [0.3, 0.4) is 0 Å². The number of unbranched alkanes of at least 4 members (excludes halogenated alkanes) is 1. The van der Waals surface area contributed by atoms with E-state index in [1.807, 2.05) is 50.2 Å². The molecule has 0 aliphatic heterocycles. The van der Waals surface area contributed by atoms with Gasteiger partial charge in [-0.05, 0) is 57.0 Å². The normalized spacial score (nSPS) is 11.2. The molecule has 0 spiro atoms. The van der Waals surface area contributed by atoms with E-state index in [2.05, 4.69) is 10.6 Å². The summed E-state index contributed by atoms with van der Waals surface area (Å²) >= 11 is 0. The van der Waals surface area contributed by atoms with Crippen LogP contribution >= 0.6 is 0 Å². The van der Waals surface area contributed by atoms with E-state index in [1.54, 1.807) is 26.8 Å². The molecule has 2 N–H and O–H groups in total. The Labute approximate surface area is 213 Å². The van der Waals surface area contributed by atoms with Gasteiger partial charge in [0.2, 0.25) is 11.8 Å². The summed E-state index contributed by atoms with van der Waals surface area (Å²) in [6.07, 6.45) is 4.78. The van der Waals surface area contributed by atoms with Gasteiger partial charge in [0.05, 0.1) is 18.0 Å². The molecule has 2 amide bonds. The Balaban J connectivity index is 2.37. The second-order valence-corrected chi connectivity index (χ2v) is 9.59. The summed E-state index contributed by atoms with van der Waals surface area (Å²) in [5.74, 6) is -1.06. The van der Waals surface area contributed by atoms with E-state index >= 15 is 0 Å². The Hall–Kier alpha value is -3.81. The molecule has 8 heteroatoms. The van der Waals surface area contributed by atoms with Gasteiger partial charge in [-0.2, -0.15) is 0 Å². The minimum absolute atomic E-state index is 0.161. The van der Waals surface area contributed by atoms with E-state index < -0.39 is 17.5 Å². The maximum absolute atomic E-state index is 13.0. The third-order valence-electron chi connectivity index (χ3n) is 4.90. The lowest BCUT2D eigenvalue weighted by Crippen LogP contribution is -2.24. The van der Waals surface area contributed by atoms with Gasteiger partial charge in [-0.1, -0.05) is 25.5 Å². The first kappa shape index (κ1) is 28.4. The summed E-state index contributed by atoms with van der Waals surface area (Å²) in [7, 11) is 3.91. The predicted molar refractivity (Wildman–Crippen MR) is 145 cm³/mol. The number of esters is 1. The number of amides is 2. The van der Waals surface area contributed by atoms with E-state index in [1.165, 1.54) is 25.1 Å². The zero-order valence-corrected chi connectivity index (χ0v) is 22.2. The molecule has 2 rings (SSSR count). The minimum Gasteiger partial charge on any atom is -0.493 e. The molecular weight excluding hydrogens is 458 g/mol. The van der Waals surface area contributed by atoms with Crippen LogP contribution < -0.4 is 20.3 Å². The van der Waals surface area contributed by atoms with Gasteiger partial charge < -0.3 is 25.0 Å². The van der Waals surface area contributed by atoms with Crippen molar-refractivity contribution in [1.82, 2.24) is 0 Å². The highest BCUT2D eigenvalue weighted by Gasteiger charge is 2.24. The quantitative estimate of drug-likeness (QED) is 0.257. The fourth-order valence-electron chi connectivity index (χ4n) is 3.14. The third kappa shape index (κ3) is 9.09. The fraction of sp³-hybridized carbons (Fsp3) is 0.393. The molecule has 0 bridgehead atoms. The van der Waals surface area contributed by atoms with Crippen molar-refractivity contribution in [3.8, 4) is 5.75 Å². The Morgan fingerprint density at radius 2 is 1.64 bits per heavy atom. The molecule has 0 aliphatic rings. The zero-order valence-electron chi connectivity index (χ0n) is 22.2. The van der Waals surface area contributed by atoms with Crippen LogP contribution in [0.4, 0.5) is 17.1 Å². The van der Waals surface area contributed by atoms with Crippen LogP contribution in [-0.4, -0.2) is 44.1 Å². The number of hydrogen-bond donors (Lipinski definition) is 2. The van der Waals surface area contributed by atoms with Gasteiger partial charge in [-0.3, -0.25) is 9.59 Å². The number of hydrogen-bond acceptors (Lipinski definition) is 6. The summed E-state index contributed by atoms with van der Waals surface area (Å²) < 4.78 is 11.4.